The summed E-state index contributed by atoms with van der Waals surface area (Å²) in [6.45, 7) is 0. The van der Waals surface area contributed by atoms with Gasteiger partial charge in [-0.15, -0.1) is 0 Å². The molecule has 0 saturated heterocycles. The first-order valence-corrected chi connectivity index (χ1v) is 6.67. The van der Waals surface area contributed by atoms with Crippen LogP contribution >= 0.6 is 11.6 Å². The van der Waals surface area contributed by atoms with Crippen molar-refractivity contribution < 1.29 is 0 Å². The summed E-state index contributed by atoms with van der Waals surface area (Å²) in [7, 11) is 0. The van der Waals surface area contributed by atoms with Crippen LogP contribution in [-0.4, -0.2) is 4.98 Å². The summed E-state index contributed by atoms with van der Waals surface area (Å²) in [6, 6.07) is 14.6. The quantitative estimate of drug-likeness (QED) is 0.698. The molecular weight excluding hydrogens is 284 g/mol. The van der Waals surface area contributed by atoms with E-state index >= 15 is 0 Å². The predicted octanol–water partition coefficient (Wildman–Crippen LogP) is 4.09. The molecule has 0 saturated carbocycles. The molecule has 0 aliphatic heterocycles. The maximum atomic E-state index is 8.86. The molecule has 0 spiro atoms. The molecule has 1 aromatic heterocycles. The lowest BCUT2D eigenvalue weighted by Gasteiger charge is -2.12. The van der Waals surface area contributed by atoms with Gasteiger partial charge in [-0.05, 0) is 42.5 Å². The van der Waals surface area contributed by atoms with Crippen molar-refractivity contribution in [2.24, 2.45) is 0 Å². The molecule has 21 heavy (non-hydrogen) atoms. The maximum absolute atomic E-state index is 8.86. The Morgan fingerprint density at radius 1 is 1.14 bits per heavy atom. The molecule has 3 N–H and O–H groups in total. The average molecular weight is 295 g/mol. The highest BCUT2D eigenvalue weighted by atomic mass is 35.5. The van der Waals surface area contributed by atoms with Gasteiger partial charge >= 0.3 is 0 Å². The molecule has 1 heterocycles. The van der Waals surface area contributed by atoms with E-state index in [-0.39, 0.29) is 0 Å². The van der Waals surface area contributed by atoms with Crippen LogP contribution in [0.25, 0.3) is 10.9 Å². The van der Waals surface area contributed by atoms with Crippen molar-refractivity contribution in [3.8, 4) is 6.07 Å². The van der Waals surface area contributed by atoms with Gasteiger partial charge in [-0.2, -0.15) is 5.26 Å². The summed E-state index contributed by atoms with van der Waals surface area (Å²) < 4.78 is 0. The molecule has 0 radical (unpaired) electrons. The number of nitrogen functional groups attached to an aromatic ring is 1. The summed E-state index contributed by atoms with van der Waals surface area (Å²) in [4.78, 5) is 4.36. The van der Waals surface area contributed by atoms with E-state index in [4.69, 9.17) is 22.6 Å². The Hall–Kier alpha value is -2.77. The van der Waals surface area contributed by atoms with E-state index < -0.39 is 0 Å². The van der Waals surface area contributed by atoms with Crippen LogP contribution in [-0.2, 0) is 0 Å². The molecule has 0 amide bonds. The first-order chi connectivity index (χ1) is 10.2. The molecule has 102 valence electrons. The second-order valence-electron chi connectivity index (χ2n) is 4.53. The van der Waals surface area contributed by atoms with E-state index in [0.29, 0.717) is 16.3 Å². The number of benzene rings is 2. The first kappa shape index (κ1) is 13.2. The minimum absolute atomic E-state index is 0.507. The topological polar surface area (TPSA) is 74.7 Å². The van der Waals surface area contributed by atoms with Crippen LogP contribution in [0.15, 0.2) is 48.7 Å². The number of anilines is 3. The van der Waals surface area contributed by atoms with Crippen LogP contribution in [0.2, 0.25) is 5.02 Å². The summed E-state index contributed by atoms with van der Waals surface area (Å²) in [5.41, 5.74) is 9.30. The van der Waals surface area contributed by atoms with Crippen molar-refractivity contribution in [3.63, 3.8) is 0 Å². The molecule has 0 fully saturated rings. The third-order valence-corrected chi connectivity index (χ3v) is 3.50. The molecule has 0 bridgehead atoms. The van der Waals surface area contributed by atoms with Gasteiger partial charge < -0.3 is 11.1 Å². The van der Waals surface area contributed by atoms with E-state index in [0.717, 1.165) is 22.3 Å². The Morgan fingerprint density at radius 3 is 2.71 bits per heavy atom. The summed E-state index contributed by atoms with van der Waals surface area (Å²) in [6.07, 6.45) is 1.71. The van der Waals surface area contributed by atoms with Gasteiger partial charge in [0, 0.05) is 11.6 Å². The van der Waals surface area contributed by atoms with Gasteiger partial charge in [-0.1, -0.05) is 11.6 Å². The molecule has 5 heteroatoms. The van der Waals surface area contributed by atoms with Gasteiger partial charge in [-0.3, -0.25) is 4.98 Å². The van der Waals surface area contributed by atoms with Gasteiger partial charge in [0.15, 0.2) is 0 Å². The SMILES string of the molecule is N#Cc1ccc(Nc2ccc(Cl)c3cccnc23)c(N)c1. The molecule has 0 unspecified atom stereocenters. The zero-order valence-corrected chi connectivity index (χ0v) is 11.7. The van der Waals surface area contributed by atoms with Crippen LogP contribution in [0, 0.1) is 11.3 Å². The number of nitrogens with two attached hydrogens (primary N) is 1. The number of nitrogens with one attached hydrogen (secondary N) is 1. The third kappa shape index (κ3) is 2.47. The van der Waals surface area contributed by atoms with E-state index in [1.54, 1.807) is 24.4 Å². The van der Waals surface area contributed by atoms with Crippen molar-refractivity contribution in [1.82, 2.24) is 4.98 Å². The molecule has 3 aromatic rings. The second-order valence-corrected chi connectivity index (χ2v) is 4.94. The van der Waals surface area contributed by atoms with Crippen molar-refractivity contribution in [1.29, 1.82) is 5.26 Å². The number of nitrogens with zero attached hydrogens (tertiary/aromatic N) is 2. The standard InChI is InChI=1S/C16H11ClN4/c17-12-4-6-15(16-11(12)2-1-7-20-16)21-14-5-3-10(9-18)8-13(14)19/h1-8,21H,19H2. The molecule has 4 nitrogen and oxygen atoms in total. The number of pyridine rings is 1. The maximum Gasteiger partial charge on any atom is 0.0992 e. The molecule has 0 aliphatic carbocycles. The second kappa shape index (κ2) is 5.31. The Labute approximate surface area is 126 Å². The van der Waals surface area contributed by atoms with Crippen LogP contribution in [0.4, 0.5) is 17.1 Å². The van der Waals surface area contributed by atoms with Gasteiger partial charge in [0.1, 0.15) is 0 Å². The van der Waals surface area contributed by atoms with Crippen LogP contribution < -0.4 is 11.1 Å². The van der Waals surface area contributed by atoms with E-state index in [1.807, 2.05) is 24.3 Å². The van der Waals surface area contributed by atoms with Crippen LogP contribution in [0.1, 0.15) is 5.56 Å². The number of rotatable bonds is 2. The zero-order chi connectivity index (χ0) is 14.8. The largest absolute Gasteiger partial charge is 0.397 e. The van der Waals surface area contributed by atoms with Crippen molar-refractivity contribution in [2.75, 3.05) is 11.1 Å². The van der Waals surface area contributed by atoms with E-state index in [9.17, 15) is 0 Å². The Balaban J connectivity index is 2.07. The van der Waals surface area contributed by atoms with Crippen LogP contribution in [0.5, 0.6) is 0 Å². The van der Waals surface area contributed by atoms with Gasteiger partial charge in [0.05, 0.1) is 39.2 Å². The number of halogens is 1. The number of fused-ring (bicyclic) bond motifs is 1. The smallest absolute Gasteiger partial charge is 0.0992 e. The van der Waals surface area contributed by atoms with Gasteiger partial charge in [0.25, 0.3) is 0 Å². The Bertz CT molecular complexity index is 868. The Morgan fingerprint density at radius 2 is 1.95 bits per heavy atom. The van der Waals surface area contributed by atoms with Crippen molar-refractivity contribution in [2.45, 2.75) is 0 Å². The minimum atomic E-state index is 0.507. The molecule has 2 aromatic carbocycles. The number of aromatic nitrogens is 1. The van der Waals surface area contributed by atoms with Crippen molar-refractivity contribution in [3.05, 3.63) is 59.2 Å². The van der Waals surface area contributed by atoms with Gasteiger partial charge in [-0.25, -0.2) is 0 Å². The first-order valence-electron chi connectivity index (χ1n) is 6.29. The molecule has 0 aliphatic rings. The fourth-order valence-electron chi connectivity index (χ4n) is 2.13. The number of hydrogen-bond donors (Lipinski definition) is 2. The predicted molar refractivity (Wildman–Crippen MR) is 85.6 cm³/mol. The monoisotopic (exact) mass is 294 g/mol. The number of hydrogen-bond acceptors (Lipinski definition) is 4. The fraction of sp³-hybridized carbons (Fsp3) is 0. The normalized spacial score (nSPS) is 10.3. The average Bonchev–Trinajstić information content (AvgIpc) is 2.52. The Kier molecular flexibility index (Phi) is 3.35. The minimum Gasteiger partial charge on any atom is -0.397 e. The molecule has 0 atom stereocenters. The lowest BCUT2D eigenvalue weighted by Crippen LogP contribution is -1.98. The lowest BCUT2D eigenvalue weighted by molar-refractivity contribution is 1.40. The highest BCUT2D eigenvalue weighted by molar-refractivity contribution is 6.35. The molecule has 3 rings (SSSR count). The summed E-state index contributed by atoms with van der Waals surface area (Å²) in [5, 5.41) is 13.6. The zero-order valence-electron chi connectivity index (χ0n) is 11.0. The highest BCUT2D eigenvalue weighted by Crippen LogP contribution is 2.31. The highest BCUT2D eigenvalue weighted by Gasteiger charge is 2.07. The summed E-state index contributed by atoms with van der Waals surface area (Å²) in [5.74, 6) is 0. The summed E-state index contributed by atoms with van der Waals surface area (Å²) >= 11 is 6.17. The fourth-order valence-corrected chi connectivity index (χ4v) is 2.35. The van der Waals surface area contributed by atoms with Crippen molar-refractivity contribution >= 4 is 39.6 Å². The van der Waals surface area contributed by atoms with Gasteiger partial charge in [0.2, 0.25) is 0 Å². The van der Waals surface area contributed by atoms with E-state index in [2.05, 4.69) is 16.4 Å². The van der Waals surface area contributed by atoms with E-state index in [1.165, 1.54) is 0 Å². The van der Waals surface area contributed by atoms with Crippen LogP contribution in [0.3, 0.4) is 0 Å². The third-order valence-electron chi connectivity index (χ3n) is 3.17. The molecular formula is C16H11ClN4. The number of nitriles is 1. The lowest BCUT2D eigenvalue weighted by atomic mass is 10.1.